The number of rotatable bonds is 15. The molecule has 262 valence electrons. The fraction of sp³-hybridized carbons (Fsp3) is 0.487. The van der Waals surface area contributed by atoms with Gasteiger partial charge in [-0.25, -0.2) is 0 Å². The molecule has 10 heteroatoms. The zero-order chi connectivity index (χ0) is 35.5. The SMILES string of the molecule is C=CCCC(=O)N[C@H](C)[C@@H](OC(=O)[C@@H]1[C@H]2C(=O)N([C@@H](CC)CO)[C@H](C(=O)N(CC=C)c3cc(C)ccc3C)[C@]23CC[C@H]1O3)c1ccccc1. The number of aryl methyl sites for hydroxylation is 2. The molecule has 8 atom stereocenters. The lowest BCUT2D eigenvalue weighted by Gasteiger charge is -2.39. The fourth-order valence-electron chi connectivity index (χ4n) is 7.98. The highest BCUT2D eigenvalue weighted by atomic mass is 16.6. The molecular formula is C39H49N3O7. The Kier molecular flexibility index (Phi) is 11.1. The van der Waals surface area contributed by atoms with Gasteiger partial charge in [-0.05, 0) is 69.2 Å². The van der Waals surface area contributed by atoms with E-state index in [0.29, 0.717) is 36.9 Å². The van der Waals surface area contributed by atoms with Crippen molar-refractivity contribution in [3.8, 4) is 0 Å². The molecule has 1 spiro atoms. The van der Waals surface area contributed by atoms with Crippen LogP contribution in [0.5, 0.6) is 0 Å². The smallest absolute Gasteiger partial charge is 0.313 e. The summed E-state index contributed by atoms with van der Waals surface area (Å²) in [6, 6.07) is 12.7. The number of nitrogens with zero attached hydrogens (tertiary/aromatic N) is 2. The van der Waals surface area contributed by atoms with Crippen LogP contribution in [0.3, 0.4) is 0 Å². The van der Waals surface area contributed by atoms with Gasteiger partial charge < -0.3 is 29.7 Å². The summed E-state index contributed by atoms with van der Waals surface area (Å²) in [6.07, 6.45) is 3.88. The van der Waals surface area contributed by atoms with Gasteiger partial charge in [0.15, 0.2) is 0 Å². The van der Waals surface area contributed by atoms with Crippen molar-refractivity contribution in [1.82, 2.24) is 10.2 Å². The van der Waals surface area contributed by atoms with Crippen molar-refractivity contribution < 1.29 is 33.8 Å². The van der Waals surface area contributed by atoms with E-state index < -0.39 is 59.6 Å². The summed E-state index contributed by atoms with van der Waals surface area (Å²) in [7, 11) is 0. The first-order chi connectivity index (χ1) is 23.5. The van der Waals surface area contributed by atoms with Crippen molar-refractivity contribution in [2.24, 2.45) is 11.8 Å². The normalized spacial score (nSPS) is 25.7. The van der Waals surface area contributed by atoms with Crippen LogP contribution in [0.4, 0.5) is 5.69 Å². The lowest BCUT2D eigenvalue weighted by molar-refractivity contribution is -0.162. The number of hydrogen-bond acceptors (Lipinski definition) is 7. The molecule has 0 unspecified atom stereocenters. The maximum atomic E-state index is 14.9. The lowest BCUT2D eigenvalue weighted by Crippen LogP contribution is -2.59. The summed E-state index contributed by atoms with van der Waals surface area (Å²) in [5.41, 5.74) is 1.97. The highest BCUT2D eigenvalue weighted by molar-refractivity contribution is 6.05. The molecular weight excluding hydrogens is 622 g/mol. The Balaban J connectivity index is 1.51. The highest BCUT2D eigenvalue weighted by Crippen LogP contribution is 2.59. The Hall–Kier alpha value is -4.28. The molecule has 3 fully saturated rings. The maximum Gasteiger partial charge on any atom is 0.313 e. The first kappa shape index (κ1) is 36.0. The molecule has 10 nitrogen and oxygen atoms in total. The first-order valence-corrected chi connectivity index (χ1v) is 17.3. The van der Waals surface area contributed by atoms with E-state index in [2.05, 4.69) is 18.5 Å². The average Bonchev–Trinajstić information content (AvgIpc) is 3.74. The van der Waals surface area contributed by atoms with Gasteiger partial charge in [0, 0.05) is 18.7 Å². The summed E-state index contributed by atoms with van der Waals surface area (Å²) in [5.74, 6) is -3.51. The number of benzene rings is 2. The quantitative estimate of drug-likeness (QED) is 0.207. The second kappa shape index (κ2) is 15.1. The monoisotopic (exact) mass is 671 g/mol. The number of esters is 1. The predicted octanol–water partition coefficient (Wildman–Crippen LogP) is 4.72. The number of hydrogen-bond donors (Lipinski definition) is 2. The lowest BCUT2D eigenvalue weighted by atomic mass is 9.70. The van der Waals surface area contributed by atoms with Crippen LogP contribution in [0.2, 0.25) is 0 Å². The van der Waals surface area contributed by atoms with Crippen molar-refractivity contribution in [3.05, 3.63) is 90.5 Å². The zero-order valence-electron chi connectivity index (χ0n) is 29.0. The summed E-state index contributed by atoms with van der Waals surface area (Å²) in [5, 5.41) is 13.4. The Morgan fingerprint density at radius 2 is 1.90 bits per heavy atom. The number of carbonyl (C=O) groups is 4. The van der Waals surface area contributed by atoms with Gasteiger partial charge in [0.25, 0.3) is 5.91 Å². The van der Waals surface area contributed by atoms with Gasteiger partial charge in [-0.2, -0.15) is 0 Å². The molecule has 2 N–H and O–H groups in total. The van der Waals surface area contributed by atoms with Crippen LogP contribution in [0.1, 0.15) is 68.7 Å². The largest absolute Gasteiger partial charge is 0.455 e. The van der Waals surface area contributed by atoms with Crippen molar-refractivity contribution in [3.63, 3.8) is 0 Å². The summed E-state index contributed by atoms with van der Waals surface area (Å²) >= 11 is 0. The van der Waals surface area contributed by atoms with E-state index in [1.54, 1.807) is 24.0 Å². The summed E-state index contributed by atoms with van der Waals surface area (Å²) in [4.78, 5) is 59.6. The van der Waals surface area contributed by atoms with E-state index in [9.17, 15) is 24.3 Å². The standard InChI is InChI=1S/C39H49N3O7/c1-7-10-16-31(44)40-26(6)34(27-14-12-11-13-15-27)48-38(47)32-30-19-20-39(49-30)33(32)36(45)42(28(9-3)23-43)35(39)37(46)41(21-8-2)29-22-24(4)17-18-25(29)5/h7-8,11-15,17-18,22,26,28,30,32-35,43H,1-2,9-10,16,19-21,23H2,3-6H3,(H,40,44)/t26-,28+,30-,32+,33+,34-,35-,39+/m1/s1. The minimum atomic E-state index is -1.28. The number of fused-ring (bicyclic) bond motifs is 1. The second-order valence-corrected chi connectivity index (χ2v) is 13.5. The van der Waals surface area contributed by atoms with E-state index >= 15 is 0 Å². The molecule has 5 rings (SSSR count). The molecule has 2 aromatic rings. The van der Waals surface area contributed by atoms with Crippen molar-refractivity contribution >= 4 is 29.4 Å². The number of ether oxygens (including phenoxy) is 2. The second-order valence-electron chi connectivity index (χ2n) is 13.5. The van der Waals surface area contributed by atoms with Crippen LogP contribution in [0.15, 0.2) is 73.8 Å². The summed E-state index contributed by atoms with van der Waals surface area (Å²) < 4.78 is 12.9. The van der Waals surface area contributed by atoms with E-state index in [0.717, 1.165) is 11.1 Å². The van der Waals surface area contributed by atoms with Gasteiger partial charge in [-0.15, -0.1) is 13.2 Å². The van der Waals surface area contributed by atoms with Gasteiger partial charge in [0.1, 0.15) is 17.7 Å². The molecule has 3 aliphatic heterocycles. The third-order valence-electron chi connectivity index (χ3n) is 10.3. The number of anilines is 1. The number of nitrogens with one attached hydrogen (secondary N) is 1. The van der Waals surface area contributed by atoms with Crippen LogP contribution in [0, 0.1) is 25.7 Å². The van der Waals surface area contributed by atoms with Gasteiger partial charge in [-0.3, -0.25) is 19.2 Å². The average molecular weight is 672 g/mol. The number of likely N-dealkylation sites (tertiary alicyclic amines) is 1. The molecule has 3 amide bonds. The number of amides is 3. The van der Waals surface area contributed by atoms with Crippen LogP contribution in [0.25, 0.3) is 0 Å². The van der Waals surface area contributed by atoms with Gasteiger partial charge in [0.05, 0.1) is 36.6 Å². The Morgan fingerprint density at radius 3 is 2.55 bits per heavy atom. The first-order valence-electron chi connectivity index (χ1n) is 17.3. The molecule has 3 heterocycles. The van der Waals surface area contributed by atoms with Crippen LogP contribution >= 0.6 is 0 Å². The van der Waals surface area contributed by atoms with Crippen LogP contribution < -0.4 is 10.2 Å². The Morgan fingerprint density at radius 1 is 1.16 bits per heavy atom. The van der Waals surface area contributed by atoms with Crippen molar-refractivity contribution in [2.45, 2.75) is 95.7 Å². The molecule has 0 aliphatic carbocycles. The van der Waals surface area contributed by atoms with Crippen LogP contribution in [-0.4, -0.2) is 76.7 Å². The van der Waals surface area contributed by atoms with Crippen molar-refractivity contribution in [2.75, 3.05) is 18.1 Å². The molecule has 0 saturated carbocycles. The Bertz CT molecular complexity index is 1570. The maximum absolute atomic E-state index is 14.9. The van der Waals surface area contributed by atoms with E-state index in [-0.39, 0.29) is 31.4 Å². The topological polar surface area (TPSA) is 125 Å². The van der Waals surface area contributed by atoms with E-state index in [1.165, 1.54) is 4.90 Å². The molecule has 2 bridgehead atoms. The van der Waals surface area contributed by atoms with Gasteiger partial charge >= 0.3 is 5.97 Å². The minimum Gasteiger partial charge on any atom is -0.455 e. The molecule has 49 heavy (non-hydrogen) atoms. The minimum absolute atomic E-state index is 0.197. The summed E-state index contributed by atoms with van der Waals surface area (Å²) in [6.45, 7) is 14.9. The third-order valence-corrected chi connectivity index (χ3v) is 10.3. The van der Waals surface area contributed by atoms with E-state index in [1.807, 2.05) is 69.3 Å². The fourth-order valence-corrected chi connectivity index (χ4v) is 7.98. The Labute approximate surface area is 289 Å². The predicted molar refractivity (Wildman–Crippen MR) is 186 cm³/mol. The number of aliphatic hydroxyl groups is 1. The molecule has 2 aromatic carbocycles. The molecule has 3 aliphatic rings. The molecule has 0 radical (unpaired) electrons. The molecule has 0 aromatic heterocycles. The van der Waals surface area contributed by atoms with Crippen molar-refractivity contribution in [1.29, 1.82) is 0 Å². The van der Waals surface area contributed by atoms with Gasteiger partial charge in [0.2, 0.25) is 11.8 Å². The number of carbonyl (C=O) groups excluding carboxylic acids is 4. The van der Waals surface area contributed by atoms with Crippen LogP contribution in [-0.2, 0) is 28.7 Å². The van der Waals surface area contributed by atoms with Gasteiger partial charge in [-0.1, -0.05) is 61.5 Å². The molecule has 3 saturated heterocycles. The third kappa shape index (κ3) is 6.68. The highest BCUT2D eigenvalue weighted by Gasteiger charge is 2.75. The number of allylic oxidation sites excluding steroid dienone is 1. The number of aliphatic hydroxyl groups excluding tert-OH is 1. The zero-order valence-corrected chi connectivity index (χ0v) is 29.0. The van der Waals surface area contributed by atoms with E-state index in [4.69, 9.17) is 9.47 Å².